The van der Waals surface area contributed by atoms with Crippen molar-refractivity contribution in [3.8, 4) is 16.8 Å². The molecule has 3 aromatic heterocycles. The molecule has 3 heterocycles. The SMILES string of the molecule is N#Cc1ccc(-c2nc(Cc3ccccn3)no2)s1. The maximum absolute atomic E-state index is 8.78. The zero-order chi connectivity index (χ0) is 13.1. The first-order chi connectivity index (χ1) is 9.35. The second kappa shape index (κ2) is 5.00. The van der Waals surface area contributed by atoms with E-state index in [4.69, 9.17) is 9.78 Å². The van der Waals surface area contributed by atoms with E-state index in [2.05, 4.69) is 21.2 Å². The van der Waals surface area contributed by atoms with Crippen molar-refractivity contribution >= 4 is 11.3 Å². The van der Waals surface area contributed by atoms with Gasteiger partial charge in [0.25, 0.3) is 5.89 Å². The number of hydrogen-bond acceptors (Lipinski definition) is 6. The fourth-order valence-electron chi connectivity index (χ4n) is 1.60. The number of nitriles is 1. The van der Waals surface area contributed by atoms with Crippen LogP contribution < -0.4 is 0 Å². The van der Waals surface area contributed by atoms with E-state index in [1.54, 1.807) is 18.3 Å². The molecule has 6 heteroatoms. The zero-order valence-corrected chi connectivity index (χ0v) is 10.6. The van der Waals surface area contributed by atoms with Crippen LogP contribution >= 0.6 is 11.3 Å². The fourth-order valence-corrected chi connectivity index (χ4v) is 2.33. The van der Waals surface area contributed by atoms with Crippen molar-refractivity contribution in [2.24, 2.45) is 0 Å². The topological polar surface area (TPSA) is 75.6 Å². The lowest BCUT2D eigenvalue weighted by Crippen LogP contribution is -1.92. The van der Waals surface area contributed by atoms with Crippen LogP contribution in [-0.4, -0.2) is 15.1 Å². The first kappa shape index (κ1) is 11.6. The van der Waals surface area contributed by atoms with Gasteiger partial charge in [-0.3, -0.25) is 4.98 Å². The Morgan fingerprint density at radius 1 is 1.26 bits per heavy atom. The van der Waals surface area contributed by atoms with Crippen molar-refractivity contribution in [1.82, 2.24) is 15.1 Å². The summed E-state index contributed by atoms with van der Waals surface area (Å²) in [7, 11) is 0. The molecule has 0 aliphatic carbocycles. The maximum Gasteiger partial charge on any atom is 0.268 e. The molecule has 3 rings (SSSR count). The highest BCUT2D eigenvalue weighted by molar-refractivity contribution is 7.15. The number of rotatable bonds is 3. The molecule has 0 aliphatic heterocycles. The van der Waals surface area contributed by atoms with E-state index in [-0.39, 0.29) is 0 Å². The Hall–Kier alpha value is -2.52. The summed E-state index contributed by atoms with van der Waals surface area (Å²) in [6, 6.07) is 11.3. The summed E-state index contributed by atoms with van der Waals surface area (Å²) in [5.74, 6) is 1.03. The maximum atomic E-state index is 8.78. The van der Waals surface area contributed by atoms with Crippen LogP contribution in [0, 0.1) is 11.3 Å². The Kier molecular flexibility index (Phi) is 3.04. The van der Waals surface area contributed by atoms with Crippen LogP contribution in [0.25, 0.3) is 10.8 Å². The largest absolute Gasteiger partial charge is 0.333 e. The van der Waals surface area contributed by atoms with E-state index >= 15 is 0 Å². The minimum atomic E-state index is 0.442. The Morgan fingerprint density at radius 2 is 2.21 bits per heavy atom. The molecule has 92 valence electrons. The van der Waals surface area contributed by atoms with Crippen LogP contribution in [0.5, 0.6) is 0 Å². The summed E-state index contributed by atoms with van der Waals surface area (Å²) >= 11 is 1.33. The molecule has 0 bridgehead atoms. The molecule has 0 N–H and O–H groups in total. The molecule has 3 aromatic rings. The first-order valence-corrected chi connectivity index (χ1v) is 6.39. The van der Waals surface area contributed by atoms with Crippen molar-refractivity contribution in [3.63, 3.8) is 0 Å². The summed E-state index contributed by atoms with van der Waals surface area (Å²) in [5, 5.41) is 12.7. The molecule has 0 spiro atoms. The Morgan fingerprint density at radius 3 is 2.95 bits per heavy atom. The third-order valence-electron chi connectivity index (χ3n) is 2.46. The van der Waals surface area contributed by atoms with Crippen molar-refractivity contribution < 1.29 is 4.52 Å². The van der Waals surface area contributed by atoms with Crippen LogP contribution in [0.2, 0.25) is 0 Å². The van der Waals surface area contributed by atoms with Gasteiger partial charge in [-0.05, 0) is 24.3 Å². The lowest BCUT2D eigenvalue weighted by Gasteiger charge is -1.92. The first-order valence-electron chi connectivity index (χ1n) is 5.58. The minimum Gasteiger partial charge on any atom is -0.333 e. The number of thiophene rings is 1. The number of nitrogens with zero attached hydrogens (tertiary/aromatic N) is 4. The van der Waals surface area contributed by atoms with Crippen LogP contribution in [-0.2, 0) is 6.42 Å². The third kappa shape index (κ3) is 2.51. The monoisotopic (exact) mass is 268 g/mol. The Bertz CT molecular complexity index is 726. The summed E-state index contributed by atoms with van der Waals surface area (Å²) < 4.78 is 5.19. The van der Waals surface area contributed by atoms with E-state index in [1.165, 1.54) is 11.3 Å². The normalized spacial score (nSPS) is 10.3. The van der Waals surface area contributed by atoms with E-state index in [0.29, 0.717) is 23.0 Å². The molecule has 0 saturated heterocycles. The Labute approximate surface area is 113 Å². The number of aromatic nitrogens is 3. The quantitative estimate of drug-likeness (QED) is 0.730. The molecule has 0 aliphatic rings. The number of pyridine rings is 1. The molecule has 0 fully saturated rings. The van der Waals surface area contributed by atoms with E-state index in [1.807, 2.05) is 18.2 Å². The van der Waals surface area contributed by atoms with Crippen LogP contribution in [0.15, 0.2) is 41.1 Å². The molecule has 0 amide bonds. The van der Waals surface area contributed by atoms with Gasteiger partial charge in [-0.1, -0.05) is 11.2 Å². The van der Waals surface area contributed by atoms with Crippen molar-refractivity contribution in [2.45, 2.75) is 6.42 Å². The molecule has 0 atom stereocenters. The highest BCUT2D eigenvalue weighted by Gasteiger charge is 2.12. The summed E-state index contributed by atoms with van der Waals surface area (Å²) in [5.41, 5.74) is 0.888. The number of hydrogen-bond donors (Lipinski definition) is 0. The summed E-state index contributed by atoms with van der Waals surface area (Å²) in [6.45, 7) is 0. The van der Waals surface area contributed by atoms with Gasteiger partial charge in [-0.15, -0.1) is 11.3 Å². The van der Waals surface area contributed by atoms with Gasteiger partial charge in [-0.25, -0.2) is 0 Å². The molecule has 19 heavy (non-hydrogen) atoms. The Balaban J connectivity index is 1.82. The second-order valence-electron chi connectivity index (χ2n) is 3.79. The van der Waals surface area contributed by atoms with Gasteiger partial charge in [0.15, 0.2) is 5.82 Å². The van der Waals surface area contributed by atoms with Gasteiger partial charge in [0.2, 0.25) is 0 Å². The molecule has 0 unspecified atom stereocenters. The van der Waals surface area contributed by atoms with Crippen LogP contribution in [0.4, 0.5) is 0 Å². The predicted molar refractivity (Wildman–Crippen MR) is 69.4 cm³/mol. The van der Waals surface area contributed by atoms with Crippen LogP contribution in [0.3, 0.4) is 0 Å². The smallest absolute Gasteiger partial charge is 0.268 e. The highest BCUT2D eigenvalue weighted by atomic mass is 32.1. The van der Waals surface area contributed by atoms with Crippen LogP contribution in [0.1, 0.15) is 16.4 Å². The summed E-state index contributed by atoms with van der Waals surface area (Å²) in [4.78, 5) is 9.94. The van der Waals surface area contributed by atoms with Crippen molar-refractivity contribution in [3.05, 3.63) is 52.9 Å². The van der Waals surface area contributed by atoms with E-state index in [0.717, 1.165) is 10.6 Å². The van der Waals surface area contributed by atoms with Gasteiger partial charge < -0.3 is 4.52 Å². The average molecular weight is 268 g/mol. The standard InChI is InChI=1S/C13H8N4OS/c14-8-10-4-5-11(19-10)13-16-12(17-18-13)7-9-3-1-2-6-15-9/h1-6H,7H2. The molecule has 5 nitrogen and oxygen atoms in total. The molecular formula is C13H8N4OS. The zero-order valence-electron chi connectivity index (χ0n) is 9.78. The van der Waals surface area contributed by atoms with E-state index < -0.39 is 0 Å². The minimum absolute atomic E-state index is 0.442. The van der Waals surface area contributed by atoms with Gasteiger partial charge in [0.05, 0.1) is 11.3 Å². The molecule has 0 saturated carbocycles. The van der Waals surface area contributed by atoms with Gasteiger partial charge in [0, 0.05) is 11.9 Å². The lowest BCUT2D eigenvalue weighted by atomic mass is 10.2. The highest BCUT2D eigenvalue weighted by Crippen LogP contribution is 2.26. The molecular weight excluding hydrogens is 260 g/mol. The second-order valence-corrected chi connectivity index (χ2v) is 4.87. The third-order valence-corrected chi connectivity index (χ3v) is 3.44. The van der Waals surface area contributed by atoms with Gasteiger partial charge >= 0.3 is 0 Å². The summed E-state index contributed by atoms with van der Waals surface area (Å²) in [6.07, 6.45) is 2.26. The van der Waals surface area contributed by atoms with E-state index in [9.17, 15) is 0 Å². The van der Waals surface area contributed by atoms with Gasteiger partial charge in [0.1, 0.15) is 10.9 Å². The van der Waals surface area contributed by atoms with Gasteiger partial charge in [-0.2, -0.15) is 10.2 Å². The fraction of sp³-hybridized carbons (Fsp3) is 0.0769. The lowest BCUT2D eigenvalue weighted by molar-refractivity contribution is 0.424. The predicted octanol–water partition coefficient (Wildman–Crippen LogP) is 2.66. The van der Waals surface area contributed by atoms with Crippen molar-refractivity contribution in [1.29, 1.82) is 5.26 Å². The average Bonchev–Trinajstić information content (AvgIpc) is 3.08. The molecule has 0 aromatic carbocycles. The molecule has 0 radical (unpaired) electrons. The van der Waals surface area contributed by atoms with Crippen molar-refractivity contribution in [2.75, 3.05) is 0 Å².